The number of aromatic hydroxyl groups is 1. The van der Waals surface area contributed by atoms with Crippen molar-refractivity contribution in [2.75, 3.05) is 0 Å². The van der Waals surface area contributed by atoms with Crippen LogP contribution >= 0.6 is 0 Å². The molecule has 0 amide bonds. The third-order valence-electron chi connectivity index (χ3n) is 3.90. The van der Waals surface area contributed by atoms with Crippen molar-refractivity contribution in [1.82, 2.24) is 0 Å². The second-order valence-corrected chi connectivity index (χ2v) is 5.69. The number of carbonyl (C=O) groups is 1. The Kier molecular flexibility index (Phi) is 5.34. The number of aromatic carboxylic acids is 1. The van der Waals surface area contributed by atoms with Crippen LogP contribution in [0.25, 0.3) is 12.2 Å². The van der Waals surface area contributed by atoms with Gasteiger partial charge in [0.15, 0.2) is 0 Å². The van der Waals surface area contributed by atoms with Crippen LogP contribution in [0.2, 0.25) is 0 Å². The van der Waals surface area contributed by atoms with Crippen molar-refractivity contribution in [2.45, 2.75) is 6.61 Å². The van der Waals surface area contributed by atoms with Crippen LogP contribution in [0.5, 0.6) is 11.5 Å². The topological polar surface area (TPSA) is 66.8 Å². The fourth-order valence-corrected chi connectivity index (χ4v) is 2.57. The molecule has 3 rings (SSSR count). The van der Waals surface area contributed by atoms with Crippen LogP contribution in [0.1, 0.15) is 27.0 Å². The molecule has 0 aliphatic rings. The highest BCUT2D eigenvalue weighted by molar-refractivity contribution is 5.95. The number of carboxylic acid groups (broad SMARTS) is 1. The van der Waals surface area contributed by atoms with Crippen molar-refractivity contribution in [2.24, 2.45) is 0 Å². The molecular weight excluding hydrogens is 328 g/mol. The van der Waals surface area contributed by atoms with E-state index in [0.29, 0.717) is 12.4 Å². The molecule has 0 spiro atoms. The van der Waals surface area contributed by atoms with Gasteiger partial charge in [0, 0.05) is 11.1 Å². The van der Waals surface area contributed by atoms with Gasteiger partial charge in [-0.1, -0.05) is 60.7 Å². The summed E-state index contributed by atoms with van der Waals surface area (Å²) in [5, 5.41) is 19.3. The molecule has 0 heterocycles. The second-order valence-electron chi connectivity index (χ2n) is 5.69. The van der Waals surface area contributed by atoms with E-state index >= 15 is 0 Å². The van der Waals surface area contributed by atoms with Gasteiger partial charge in [0.25, 0.3) is 0 Å². The normalized spacial score (nSPS) is 10.8. The summed E-state index contributed by atoms with van der Waals surface area (Å²) in [5.74, 6) is -0.488. The van der Waals surface area contributed by atoms with Gasteiger partial charge in [-0.05, 0) is 29.8 Å². The number of phenolic OH excluding ortho intramolecular Hbond substituents is 1. The number of para-hydroxylation sites is 1. The Morgan fingerprint density at radius 1 is 0.885 bits per heavy atom. The fraction of sp³-hybridized carbons (Fsp3) is 0.0455. The number of phenols is 1. The summed E-state index contributed by atoms with van der Waals surface area (Å²) in [6.07, 6.45) is 3.32. The predicted molar refractivity (Wildman–Crippen MR) is 101 cm³/mol. The van der Waals surface area contributed by atoms with Gasteiger partial charge < -0.3 is 14.9 Å². The summed E-state index contributed by atoms with van der Waals surface area (Å²) < 4.78 is 5.89. The van der Waals surface area contributed by atoms with Crippen LogP contribution in [-0.4, -0.2) is 16.2 Å². The van der Waals surface area contributed by atoms with Crippen LogP contribution < -0.4 is 4.74 Å². The molecule has 0 aliphatic carbocycles. The maximum atomic E-state index is 11.3. The van der Waals surface area contributed by atoms with Crippen molar-refractivity contribution in [1.29, 1.82) is 0 Å². The Morgan fingerprint density at radius 3 is 2.38 bits per heavy atom. The highest BCUT2D eigenvalue weighted by Gasteiger charge is 2.11. The van der Waals surface area contributed by atoms with E-state index in [-0.39, 0.29) is 16.9 Å². The van der Waals surface area contributed by atoms with Crippen LogP contribution in [0.15, 0.2) is 72.8 Å². The lowest BCUT2D eigenvalue weighted by atomic mass is 10.0. The monoisotopic (exact) mass is 346 g/mol. The fourth-order valence-electron chi connectivity index (χ4n) is 2.57. The molecular formula is C22H18O4. The van der Waals surface area contributed by atoms with Gasteiger partial charge in [-0.3, -0.25) is 0 Å². The maximum absolute atomic E-state index is 11.3. The molecule has 0 fully saturated rings. The van der Waals surface area contributed by atoms with Gasteiger partial charge in [0.2, 0.25) is 0 Å². The molecule has 0 radical (unpaired) electrons. The van der Waals surface area contributed by atoms with Gasteiger partial charge in [-0.25, -0.2) is 4.79 Å². The Labute approximate surface area is 151 Å². The van der Waals surface area contributed by atoms with E-state index in [9.17, 15) is 15.0 Å². The highest BCUT2D eigenvalue weighted by atomic mass is 16.5. The van der Waals surface area contributed by atoms with Gasteiger partial charge in [-0.15, -0.1) is 0 Å². The van der Waals surface area contributed by atoms with E-state index in [1.165, 1.54) is 18.2 Å². The van der Waals surface area contributed by atoms with E-state index in [2.05, 4.69) is 0 Å². The minimum Gasteiger partial charge on any atom is -0.507 e. The largest absolute Gasteiger partial charge is 0.507 e. The molecule has 0 atom stereocenters. The molecule has 0 aliphatic heterocycles. The zero-order chi connectivity index (χ0) is 18.4. The van der Waals surface area contributed by atoms with Gasteiger partial charge in [0.05, 0.1) is 5.56 Å². The molecule has 0 saturated heterocycles. The third-order valence-corrected chi connectivity index (χ3v) is 3.90. The van der Waals surface area contributed by atoms with Crippen molar-refractivity contribution < 1.29 is 19.7 Å². The maximum Gasteiger partial charge on any atom is 0.336 e. The quantitative estimate of drug-likeness (QED) is 0.627. The van der Waals surface area contributed by atoms with E-state index in [4.69, 9.17) is 4.74 Å². The van der Waals surface area contributed by atoms with E-state index < -0.39 is 5.97 Å². The minimum atomic E-state index is -1.09. The molecule has 0 aromatic heterocycles. The number of rotatable bonds is 6. The second kappa shape index (κ2) is 8.03. The average molecular weight is 346 g/mol. The molecule has 26 heavy (non-hydrogen) atoms. The summed E-state index contributed by atoms with van der Waals surface area (Å²) in [6.45, 7) is 0.433. The van der Waals surface area contributed by atoms with Crippen LogP contribution in [0.4, 0.5) is 0 Å². The predicted octanol–water partition coefficient (Wildman–Crippen LogP) is 4.84. The van der Waals surface area contributed by atoms with Gasteiger partial charge >= 0.3 is 5.97 Å². The molecule has 0 bridgehead atoms. The van der Waals surface area contributed by atoms with Crippen molar-refractivity contribution in [3.05, 3.63) is 95.1 Å². The Hall–Kier alpha value is -3.53. The standard InChI is InChI=1S/C22H18O4/c23-20-11-6-10-19(22(24)25)18(20)14-13-17-9-4-5-12-21(17)26-15-16-7-2-1-3-8-16/h1-14,23H,15H2,(H,24,25). The van der Waals surface area contributed by atoms with Crippen molar-refractivity contribution in [3.8, 4) is 11.5 Å². The minimum absolute atomic E-state index is 0.0453. The Morgan fingerprint density at radius 2 is 1.62 bits per heavy atom. The van der Waals surface area contributed by atoms with Crippen LogP contribution in [0, 0.1) is 0 Å². The zero-order valence-corrected chi connectivity index (χ0v) is 14.0. The molecule has 3 aromatic rings. The molecule has 4 nitrogen and oxygen atoms in total. The first-order valence-corrected chi connectivity index (χ1v) is 8.14. The number of ether oxygens (including phenoxy) is 1. The van der Waals surface area contributed by atoms with Crippen molar-refractivity contribution in [3.63, 3.8) is 0 Å². The molecule has 0 unspecified atom stereocenters. The average Bonchev–Trinajstić information content (AvgIpc) is 2.66. The summed E-state index contributed by atoms with van der Waals surface area (Å²) in [4.78, 5) is 11.3. The van der Waals surface area contributed by atoms with Gasteiger partial charge in [-0.2, -0.15) is 0 Å². The first-order valence-electron chi connectivity index (χ1n) is 8.14. The first kappa shape index (κ1) is 17.3. The molecule has 2 N–H and O–H groups in total. The Bertz CT molecular complexity index is 930. The third kappa shape index (κ3) is 4.11. The molecule has 3 aromatic carbocycles. The number of carboxylic acids is 1. The molecule has 4 heteroatoms. The summed E-state index contributed by atoms with van der Waals surface area (Å²) in [7, 11) is 0. The van der Waals surface area contributed by atoms with E-state index in [0.717, 1.165) is 11.1 Å². The van der Waals surface area contributed by atoms with Crippen molar-refractivity contribution >= 4 is 18.1 Å². The van der Waals surface area contributed by atoms with E-state index in [1.54, 1.807) is 12.2 Å². The smallest absolute Gasteiger partial charge is 0.336 e. The van der Waals surface area contributed by atoms with Crippen LogP contribution in [0.3, 0.4) is 0 Å². The lowest BCUT2D eigenvalue weighted by molar-refractivity contribution is 0.0696. The molecule has 130 valence electrons. The SMILES string of the molecule is O=C(O)c1cccc(O)c1C=Cc1ccccc1OCc1ccccc1. The number of benzene rings is 3. The highest BCUT2D eigenvalue weighted by Crippen LogP contribution is 2.26. The molecule has 0 saturated carbocycles. The summed E-state index contributed by atoms with van der Waals surface area (Å²) in [6, 6.07) is 21.7. The van der Waals surface area contributed by atoms with Gasteiger partial charge in [0.1, 0.15) is 18.1 Å². The lowest BCUT2D eigenvalue weighted by Crippen LogP contribution is -1.99. The zero-order valence-electron chi connectivity index (χ0n) is 14.0. The summed E-state index contributed by atoms with van der Waals surface area (Å²) in [5.41, 5.74) is 2.16. The van der Waals surface area contributed by atoms with E-state index in [1.807, 2.05) is 54.6 Å². The number of hydrogen-bond donors (Lipinski definition) is 2. The number of hydrogen-bond acceptors (Lipinski definition) is 3. The Balaban J connectivity index is 1.85. The lowest BCUT2D eigenvalue weighted by Gasteiger charge is -2.09. The van der Waals surface area contributed by atoms with Crippen LogP contribution in [-0.2, 0) is 6.61 Å². The first-order chi connectivity index (χ1) is 12.6. The summed E-state index contributed by atoms with van der Waals surface area (Å²) >= 11 is 0.